The second-order valence-electron chi connectivity index (χ2n) is 5.79. The topological polar surface area (TPSA) is 59.6 Å². The number of nitrogens with one attached hydrogen (secondary N) is 2. The zero-order valence-electron chi connectivity index (χ0n) is 12.4. The van der Waals surface area contributed by atoms with E-state index in [1.165, 1.54) is 12.8 Å². The number of ether oxygens (including phenoxy) is 2. The highest BCUT2D eigenvalue weighted by Gasteiger charge is 2.16. The minimum atomic E-state index is 0.188. The van der Waals surface area contributed by atoms with Crippen LogP contribution >= 0.6 is 0 Å². The molecule has 2 N–H and O–H groups in total. The van der Waals surface area contributed by atoms with Gasteiger partial charge in [0.15, 0.2) is 0 Å². The molecule has 2 aliphatic heterocycles. The fourth-order valence-corrected chi connectivity index (χ4v) is 2.79. The Labute approximate surface area is 121 Å². The molecular formula is C15H28N2O3. The summed E-state index contributed by atoms with van der Waals surface area (Å²) in [7, 11) is 0. The summed E-state index contributed by atoms with van der Waals surface area (Å²) in [6, 6.07) is 0. The first-order valence-corrected chi connectivity index (χ1v) is 8.01. The van der Waals surface area contributed by atoms with E-state index in [0.29, 0.717) is 13.0 Å². The van der Waals surface area contributed by atoms with Crippen LogP contribution in [0.4, 0.5) is 0 Å². The second kappa shape index (κ2) is 9.32. The number of hydrogen-bond acceptors (Lipinski definition) is 4. The number of rotatable bonds is 8. The van der Waals surface area contributed by atoms with E-state index in [4.69, 9.17) is 9.47 Å². The van der Waals surface area contributed by atoms with Gasteiger partial charge >= 0.3 is 0 Å². The van der Waals surface area contributed by atoms with Gasteiger partial charge in [0.05, 0.1) is 12.7 Å². The normalized spacial score (nSPS) is 23.9. The first-order valence-electron chi connectivity index (χ1n) is 8.01. The van der Waals surface area contributed by atoms with Gasteiger partial charge in [-0.1, -0.05) is 0 Å². The Kier molecular flexibility index (Phi) is 7.33. The molecule has 0 radical (unpaired) electrons. The van der Waals surface area contributed by atoms with Gasteiger partial charge in [0.25, 0.3) is 0 Å². The third kappa shape index (κ3) is 6.20. The lowest BCUT2D eigenvalue weighted by atomic mass is 9.93. The molecule has 1 atom stereocenters. The quantitative estimate of drug-likeness (QED) is 0.655. The van der Waals surface area contributed by atoms with Gasteiger partial charge in [0, 0.05) is 26.2 Å². The third-order valence-corrected chi connectivity index (χ3v) is 4.12. The van der Waals surface area contributed by atoms with Crippen LogP contribution in [0, 0.1) is 5.92 Å². The van der Waals surface area contributed by atoms with Crippen molar-refractivity contribution in [1.82, 2.24) is 10.6 Å². The predicted octanol–water partition coefficient (Wildman–Crippen LogP) is 1.08. The maximum atomic E-state index is 11.7. The molecule has 0 spiro atoms. The largest absolute Gasteiger partial charge is 0.379 e. The van der Waals surface area contributed by atoms with Gasteiger partial charge in [0.2, 0.25) is 5.91 Å². The molecule has 2 saturated heterocycles. The first kappa shape index (κ1) is 15.7. The molecule has 0 aromatic heterocycles. The minimum Gasteiger partial charge on any atom is -0.379 e. The van der Waals surface area contributed by atoms with E-state index in [9.17, 15) is 4.79 Å². The van der Waals surface area contributed by atoms with Crippen molar-refractivity contribution in [2.75, 3.05) is 39.5 Å². The van der Waals surface area contributed by atoms with Crippen molar-refractivity contribution in [2.45, 2.75) is 44.6 Å². The van der Waals surface area contributed by atoms with E-state index in [2.05, 4.69) is 10.6 Å². The smallest absolute Gasteiger partial charge is 0.220 e. The van der Waals surface area contributed by atoms with E-state index in [0.717, 1.165) is 58.0 Å². The summed E-state index contributed by atoms with van der Waals surface area (Å²) in [5.74, 6) is 0.917. The fourth-order valence-electron chi connectivity index (χ4n) is 2.79. The van der Waals surface area contributed by atoms with Crippen LogP contribution in [0.1, 0.15) is 38.5 Å². The van der Waals surface area contributed by atoms with E-state index in [1.54, 1.807) is 0 Å². The molecule has 0 aromatic carbocycles. The minimum absolute atomic E-state index is 0.188. The molecule has 0 aromatic rings. The van der Waals surface area contributed by atoms with E-state index >= 15 is 0 Å². The molecule has 116 valence electrons. The molecule has 5 heteroatoms. The highest BCUT2D eigenvalue weighted by Crippen LogP contribution is 2.17. The zero-order chi connectivity index (χ0) is 14.0. The Morgan fingerprint density at radius 1 is 1.30 bits per heavy atom. The number of carbonyl (C=O) groups is 1. The molecule has 0 bridgehead atoms. The summed E-state index contributed by atoms with van der Waals surface area (Å²) in [6.07, 6.45) is 6.28. The molecule has 2 fully saturated rings. The lowest BCUT2D eigenvalue weighted by molar-refractivity contribution is -0.121. The Balaban J connectivity index is 1.41. The molecule has 20 heavy (non-hydrogen) atoms. The van der Waals surface area contributed by atoms with Crippen molar-refractivity contribution in [3.63, 3.8) is 0 Å². The van der Waals surface area contributed by atoms with Crippen molar-refractivity contribution in [3.05, 3.63) is 0 Å². The van der Waals surface area contributed by atoms with Gasteiger partial charge in [-0.2, -0.15) is 0 Å². The van der Waals surface area contributed by atoms with Gasteiger partial charge in [0.1, 0.15) is 0 Å². The highest BCUT2D eigenvalue weighted by molar-refractivity contribution is 5.75. The SMILES string of the molecule is O=C(CCC1CCNCC1)NCCCOC1CCOC1. The molecule has 1 unspecified atom stereocenters. The van der Waals surface area contributed by atoms with Crippen LogP contribution in [0.25, 0.3) is 0 Å². The van der Waals surface area contributed by atoms with Crippen LogP contribution in [0.15, 0.2) is 0 Å². The van der Waals surface area contributed by atoms with Gasteiger partial charge in [-0.05, 0) is 51.1 Å². The van der Waals surface area contributed by atoms with Gasteiger partial charge in [-0.3, -0.25) is 4.79 Å². The van der Waals surface area contributed by atoms with Gasteiger partial charge < -0.3 is 20.1 Å². The summed E-state index contributed by atoms with van der Waals surface area (Å²) < 4.78 is 10.9. The Morgan fingerprint density at radius 2 is 2.15 bits per heavy atom. The summed E-state index contributed by atoms with van der Waals surface area (Å²) in [5.41, 5.74) is 0. The molecule has 1 amide bonds. The maximum absolute atomic E-state index is 11.7. The van der Waals surface area contributed by atoms with Crippen molar-refractivity contribution >= 4 is 5.91 Å². The van der Waals surface area contributed by atoms with Crippen molar-refractivity contribution in [3.8, 4) is 0 Å². The van der Waals surface area contributed by atoms with Crippen LogP contribution in [0.2, 0.25) is 0 Å². The van der Waals surface area contributed by atoms with Crippen LogP contribution in [-0.4, -0.2) is 51.5 Å². The van der Waals surface area contributed by atoms with Crippen molar-refractivity contribution < 1.29 is 14.3 Å². The first-order chi connectivity index (χ1) is 9.84. The lowest BCUT2D eigenvalue weighted by Gasteiger charge is -2.22. The Hall–Kier alpha value is -0.650. The van der Waals surface area contributed by atoms with Crippen LogP contribution < -0.4 is 10.6 Å². The van der Waals surface area contributed by atoms with E-state index < -0.39 is 0 Å². The fraction of sp³-hybridized carbons (Fsp3) is 0.933. The van der Waals surface area contributed by atoms with Gasteiger partial charge in [-0.15, -0.1) is 0 Å². The highest BCUT2D eigenvalue weighted by atomic mass is 16.5. The predicted molar refractivity (Wildman–Crippen MR) is 77.6 cm³/mol. The molecule has 2 rings (SSSR count). The molecule has 0 aliphatic carbocycles. The van der Waals surface area contributed by atoms with E-state index in [1.807, 2.05) is 0 Å². The second-order valence-corrected chi connectivity index (χ2v) is 5.79. The summed E-state index contributed by atoms with van der Waals surface area (Å²) in [4.78, 5) is 11.7. The number of hydrogen-bond donors (Lipinski definition) is 2. The van der Waals surface area contributed by atoms with Crippen LogP contribution in [0.3, 0.4) is 0 Å². The van der Waals surface area contributed by atoms with Crippen LogP contribution in [0.5, 0.6) is 0 Å². The van der Waals surface area contributed by atoms with Gasteiger partial charge in [-0.25, -0.2) is 0 Å². The van der Waals surface area contributed by atoms with E-state index in [-0.39, 0.29) is 12.0 Å². The maximum Gasteiger partial charge on any atom is 0.220 e. The summed E-state index contributed by atoms with van der Waals surface area (Å²) >= 11 is 0. The Bertz CT molecular complexity index is 274. The lowest BCUT2D eigenvalue weighted by Crippen LogP contribution is -2.30. The van der Waals surface area contributed by atoms with Crippen molar-refractivity contribution in [2.24, 2.45) is 5.92 Å². The molecule has 5 nitrogen and oxygen atoms in total. The standard InChI is InChI=1S/C15H28N2O3/c18-15(3-2-13-4-8-16-9-5-13)17-7-1-10-20-14-6-11-19-12-14/h13-14,16H,1-12H2,(H,17,18). The number of amides is 1. The number of carbonyl (C=O) groups excluding carboxylic acids is 1. The molecule has 2 aliphatic rings. The van der Waals surface area contributed by atoms with Crippen LogP contribution in [-0.2, 0) is 14.3 Å². The molecule has 0 saturated carbocycles. The average molecular weight is 284 g/mol. The zero-order valence-corrected chi connectivity index (χ0v) is 12.4. The Morgan fingerprint density at radius 3 is 2.90 bits per heavy atom. The summed E-state index contributed by atoms with van der Waals surface area (Å²) in [5, 5.41) is 6.33. The molecule has 2 heterocycles. The monoisotopic (exact) mass is 284 g/mol. The van der Waals surface area contributed by atoms with Crippen molar-refractivity contribution in [1.29, 1.82) is 0 Å². The summed E-state index contributed by atoms with van der Waals surface area (Å²) in [6.45, 7) is 5.19. The third-order valence-electron chi connectivity index (χ3n) is 4.12. The molecular weight excluding hydrogens is 256 g/mol. The average Bonchev–Trinajstić information content (AvgIpc) is 2.99. The number of piperidine rings is 1.